The molecule has 2 fully saturated rings. The lowest BCUT2D eigenvalue weighted by atomic mass is 9.81. The fraction of sp³-hybridized carbons (Fsp3) is 0.526. The molecule has 1 N–H and O–H groups in total. The molecule has 2 aliphatic rings. The highest BCUT2D eigenvalue weighted by Crippen LogP contribution is 2.39. The molecule has 154 valence electrons. The number of carbonyl (C=O) groups excluding carboxylic acids is 3. The first-order valence-corrected chi connectivity index (χ1v) is 12.8. The summed E-state index contributed by atoms with van der Waals surface area (Å²) in [5.74, 6) is -0.567. The number of anilines is 1. The van der Waals surface area contributed by atoms with Gasteiger partial charge in [-0.25, -0.2) is 0 Å². The van der Waals surface area contributed by atoms with Crippen molar-refractivity contribution in [1.82, 2.24) is 15.1 Å². The van der Waals surface area contributed by atoms with Gasteiger partial charge in [-0.05, 0) is 42.7 Å². The molecule has 2 aromatic heterocycles. The van der Waals surface area contributed by atoms with Gasteiger partial charge >= 0.3 is 0 Å². The predicted molar refractivity (Wildman–Crippen MR) is 116 cm³/mol. The van der Waals surface area contributed by atoms with Gasteiger partial charge in [0.25, 0.3) is 0 Å². The smallest absolute Gasteiger partial charge is 0.249 e. The number of nitrogens with one attached hydrogen (secondary N) is 1. The van der Waals surface area contributed by atoms with E-state index in [1.807, 2.05) is 23.1 Å². The zero-order valence-electron chi connectivity index (χ0n) is 16.0. The minimum atomic E-state index is -0.804. The van der Waals surface area contributed by atoms with E-state index in [9.17, 15) is 14.4 Å². The van der Waals surface area contributed by atoms with Crippen molar-refractivity contribution in [2.75, 3.05) is 17.3 Å². The molecule has 0 bridgehead atoms. The zero-order valence-corrected chi connectivity index (χ0v) is 18.4. The third-order valence-corrected chi connectivity index (χ3v) is 7.72. The Kier molecular flexibility index (Phi) is 6.31. The summed E-state index contributed by atoms with van der Waals surface area (Å²) in [7, 11) is 0. The van der Waals surface area contributed by atoms with Crippen LogP contribution in [0.2, 0.25) is 0 Å². The van der Waals surface area contributed by atoms with Crippen LogP contribution in [0.1, 0.15) is 32.1 Å². The van der Waals surface area contributed by atoms with E-state index in [1.54, 1.807) is 23.1 Å². The van der Waals surface area contributed by atoms with Crippen molar-refractivity contribution in [3.05, 3.63) is 16.8 Å². The van der Waals surface area contributed by atoms with Crippen LogP contribution in [-0.4, -0.2) is 50.9 Å². The van der Waals surface area contributed by atoms with E-state index in [2.05, 4.69) is 15.5 Å². The van der Waals surface area contributed by atoms with Gasteiger partial charge in [-0.2, -0.15) is 23.1 Å². The number of amides is 3. The van der Waals surface area contributed by atoms with Crippen molar-refractivity contribution in [3.8, 4) is 10.6 Å². The Hall–Kier alpha value is -1.78. The molecular formula is C19H22N4O3S3. The summed E-state index contributed by atoms with van der Waals surface area (Å²) in [4.78, 5) is 40.2. The molecule has 7 nitrogen and oxygen atoms in total. The fourth-order valence-corrected chi connectivity index (χ4v) is 5.98. The molecule has 3 atom stereocenters. The highest BCUT2D eigenvalue weighted by Gasteiger charge is 2.51. The number of aromatic nitrogens is 2. The van der Waals surface area contributed by atoms with Crippen molar-refractivity contribution in [3.63, 3.8) is 0 Å². The van der Waals surface area contributed by atoms with Gasteiger partial charge in [0.05, 0.1) is 11.8 Å². The first kappa shape index (κ1) is 20.5. The Labute approximate surface area is 181 Å². The van der Waals surface area contributed by atoms with Crippen LogP contribution in [0.15, 0.2) is 16.8 Å². The monoisotopic (exact) mass is 450 g/mol. The Morgan fingerprint density at radius 3 is 2.62 bits per heavy atom. The van der Waals surface area contributed by atoms with Gasteiger partial charge in [0.1, 0.15) is 11.0 Å². The quantitative estimate of drug-likeness (QED) is 0.649. The van der Waals surface area contributed by atoms with E-state index in [-0.39, 0.29) is 29.6 Å². The minimum absolute atomic E-state index is 0.183. The van der Waals surface area contributed by atoms with Crippen molar-refractivity contribution in [1.29, 1.82) is 0 Å². The average molecular weight is 451 g/mol. The van der Waals surface area contributed by atoms with Crippen LogP contribution in [-0.2, 0) is 14.4 Å². The molecule has 0 aromatic carbocycles. The topological polar surface area (TPSA) is 92.3 Å². The SMILES string of the molecule is CSCCC(C(=O)Nc1nnc(-c2ccsc2)s1)N1C(=O)C2CCCCC2C1=O. The summed E-state index contributed by atoms with van der Waals surface area (Å²) in [5.41, 5.74) is 0.959. The number of thioether (sulfide) groups is 1. The van der Waals surface area contributed by atoms with Crippen molar-refractivity contribution < 1.29 is 14.4 Å². The van der Waals surface area contributed by atoms with Gasteiger partial charge in [0.15, 0.2) is 0 Å². The molecule has 2 aromatic rings. The van der Waals surface area contributed by atoms with Crippen molar-refractivity contribution >= 4 is 57.3 Å². The van der Waals surface area contributed by atoms with E-state index < -0.39 is 6.04 Å². The van der Waals surface area contributed by atoms with Gasteiger partial charge in [-0.3, -0.25) is 24.6 Å². The maximum Gasteiger partial charge on any atom is 0.249 e. The number of hydrogen-bond acceptors (Lipinski definition) is 8. The van der Waals surface area contributed by atoms with E-state index in [0.717, 1.165) is 36.3 Å². The summed E-state index contributed by atoms with van der Waals surface area (Å²) >= 11 is 4.44. The zero-order chi connectivity index (χ0) is 20.4. The molecule has 4 rings (SSSR count). The average Bonchev–Trinajstić information content (AvgIpc) is 3.45. The number of likely N-dealkylation sites (tertiary alicyclic amines) is 1. The molecule has 1 aliphatic carbocycles. The number of imide groups is 1. The van der Waals surface area contributed by atoms with E-state index in [4.69, 9.17) is 0 Å². The van der Waals surface area contributed by atoms with Crippen LogP contribution in [0.25, 0.3) is 10.6 Å². The van der Waals surface area contributed by atoms with Crippen LogP contribution in [0.3, 0.4) is 0 Å². The van der Waals surface area contributed by atoms with Crippen molar-refractivity contribution in [2.45, 2.75) is 38.1 Å². The number of rotatable bonds is 7. The van der Waals surface area contributed by atoms with Gasteiger partial charge < -0.3 is 0 Å². The number of fused-ring (bicyclic) bond motifs is 1. The predicted octanol–water partition coefficient (Wildman–Crippen LogP) is 3.50. The summed E-state index contributed by atoms with van der Waals surface area (Å²) in [5, 5.41) is 16.0. The highest BCUT2D eigenvalue weighted by molar-refractivity contribution is 7.98. The molecule has 29 heavy (non-hydrogen) atoms. The van der Waals surface area contributed by atoms with Crippen LogP contribution in [0, 0.1) is 11.8 Å². The molecule has 3 amide bonds. The summed E-state index contributed by atoms with van der Waals surface area (Å²) in [6, 6.07) is 1.14. The third-order valence-electron chi connectivity index (χ3n) is 5.51. The molecule has 1 saturated heterocycles. The molecule has 0 radical (unpaired) electrons. The standard InChI is InChI=1S/C19H22N4O3S3/c1-27-8-7-14(23-17(25)12-4-2-3-5-13(12)18(23)26)15(24)20-19-22-21-16(29-19)11-6-9-28-10-11/h6,9-10,12-14H,2-5,7-8H2,1H3,(H,20,22,24). The molecular weight excluding hydrogens is 428 g/mol. The molecule has 1 aliphatic heterocycles. The van der Waals surface area contributed by atoms with E-state index in [0.29, 0.717) is 17.3 Å². The lowest BCUT2D eigenvalue weighted by Crippen LogP contribution is -2.48. The van der Waals surface area contributed by atoms with Gasteiger partial charge in [-0.15, -0.1) is 10.2 Å². The molecule has 1 saturated carbocycles. The second-order valence-corrected chi connectivity index (χ2v) is 10.00. The van der Waals surface area contributed by atoms with Gasteiger partial charge in [0.2, 0.25) is 22.9 Å². The molecule has 3 heterocycles. The lowest BCUT2D eigenvalue weighted by Gasteiger charge is -2.25. The lowest BCUT2D eigenvalue weighted by molar-refractivity contribution is -0.146. The van der Waals surface area contributed by atoms with Crippen molar-refractivity contribution in [2.24, 2.45) is 11.8 Å². The Morgan fingerprint density at radius 1 is 1.28 bits per heavy atom. The summed E-state index contributed by atoms with van der Waals surface area (Å²) in [6.07, 6.45) is 5.78. The summed E-state index contributed by atoms with van der Waals surface area (Å²) < 4.78 is 0. The van der Waals surface area contributed by atoms with Crippen LogP contribution in [0.5, 0.6) is 0 Å². The second-order valence-electron chi connectivity index (χ2n) is 7.25. The normalized spacial score (nSPS) is 22.6. The number of carbonyl (C=O) groups is 3. The van der Waals surface area contributed by atoms with Crippen LogP contribution >= 0.6 is 34.4 Å². The maximum absolute atomic E-state index is 13.1. The Balaban J connectivity index is 1.52. The van der Waals surface area contributed by atoms with Crippen LogP contribution < -0.4 is 5.32 Å². The molecule has 0 spiro atoms. The number of hydrogen-bond donors (Lipinski definition) is 1. The Bertz CT molecular complexity index is 874. The maximum atomic E-state index is 13.1. The molecule has 3 unspecified atom stereocenters. The fourth-order valence-electron chi connectivity index (χ4n) is 4.07. The highest BCUT2D eigenvalue weighted by atomic mass is 32.2. The molecule has 10 heteroatoms. The van der Waals surface area contributed by atoms with Crippen LogP contribution in [0.4, 0.5) is 5.13 Å². The first-order chi connectivity index (χ1) is 14.1. The number of nitrogens with zero attached hydrogens (tertiary/aromatic N) is 3. The Morgan fingerprint density at radius 2 is 2.00 bits per heavy atom. The largest absolute Gasteiger partial charge is 0.299 e. The minimum Gasteiger partial charge on any atom is -0.299 e. The second kappa shape index (κ2) is 8.93. The van der Waals surface area contributed by atoms with E-state index in [1.165, 1.54) is 16.2 Å². The number of thiophene rings is 1. The van der Waals surface area contributed by atoms with E-state index >= 15 is 0 Å². The van der Waals surface area contributed by atoms with Gasteiger partial charge in [-0.1, -0.05) is 24.2 Å². The van der Waals surface area contributed by atoms with Gasteiger partial charge in [0, 0.05) is 10.9 Å². The summed E-state index contributed by atoms with van der Waals surface area (Å²) in [6.45, 7) is 0. The first-order valence-electron chi connectivity index (χ1n) is 9.63. The third kappa shape index (κ3) is 4.10.